The molecule has 0 spiro atoms. The minimum atomic E-state index is -3.61. The van der Waals surface area contributed by atoms with Gasteiger partial charge >= 0.3 is 5.97 Å². The number of hydrogen-bond acceptors (Lipinski definition) is 6. The molecule has 0 radical (unpaired) electrons. The van der Waals surface area contributed by atoms with Crippen LogP contribution in [0.5, 0.6) is 0 Å². The average molecular weight is 313 g/mol. The van der Waals surface area contributed by atoms with Crippen LogP contribution in [0, 0.1) is 5.92 Å². The first-order valence-corrected chi connectivity index (χ1v) is 8.26. The van der Waals surface area contributed by atoms with Crippen LogP contribution in [0.1, 0.15) is 19.8 Å². The van der Waals surface area contributed by atoms with E-state index in [-0.39, 0.29) is 16.8 Å². The molecule has 7 nitrogen and oxygen atoms in total. The lowest BCUT2D eigenvalue weighted by Gasteiger charge is -2.29. The summed E-state index contributed by atoms with van der Waals surface area (Å²) in [6.07, 6.45) is 3.61. The van der Waals surface area contributed by atoms with Gasteiger partial charge in [-0.3, -0.25) is 9.78 Å². The van der Waals surface area contributed by atoms with Gasteiger partial charge in [0.05, 0.1) is 18.2 Å². The van der Waals surface area contributed by atoms with Gasteiger partial charge in [0.1, 0.15) is 4.90 Å². The summed E-state index contributed by atoms with van der Waals surface area (Å²) in [6, 6.07) is 1.39. The molecule has 0 bridgehead atoms. The Morgan fingerprint density at radius 3 is 2.67 bits per heavy atom. The standard InChI is InChI=1S/C13H19N3O4S/c1-2-20-13(17)10-3-5-16(6-4-10)21(18,19)12-7-11(14)8-15-9-12/h7-10H,2-6,14H2,1H3. The Balaban J connectivity index is 2.06. The normalized spacial score (nSPS) is 17.6. The fraction of sp³-hybridized carbons (Fsp3) is 0.538. The molecule has 2 rings (SSSR count). The highest BCUT2D eigenvalue weighted by molar-refractivity contribution is 7.89. The Morgan fingerprint density at radius 1 is 1.43 bits per heavy atom. The molecule has 0 aliphatic carbocycles. The van der Waals surface area contributed by atoms with Crippen molar-refractivity contribution in [2.45, 2.75) is 24.7 Å². The van der Waals surface area contributed by atoms with Crippen molar-refractivity contribution < 1.29 is 17.9 Å². The van der Waals surface area contributed by atoms with E-state index in [1.807, 2.05) is 0 Å². The van der Waals surface area contributed by atoms with Crippen LogP contribution in [0.2, 0.25) is 0 Å². The summed E-state index contributed by atoms with van der Waals surface area (Å²) in [5, 5.41) is 0. The maximum Gasteiger partial charge on any atom is 0.309 e. The molecule has 1 aliphatic rings. The van der Waals surface area contributed by atoms with Gasteiger partial charge in [-0.2, -0.15) is 4.31 Å². The Kier molecular flexibility index (Phi) is 4.79. The van der Waals surface area contributed by atoms with Crippen molar-refractivity contribution in [2.75, 3.05) is 25.4 Å². The summed E-state index contributed by atoms with van der Waals surface area (Å²) in [4.78, 5) is 15.5. The molecule has 1 aromatic rings. The number of esters is 1. The van der Waals surface area contributed by atoms with Gasteiger partial charge in [-0.15, -0.1) is 0 Å². The zero-order valence-corrected chi connectivity index (χ0v) is 12.7. The molecule has 0 amide bonds. The van der Waals surface area contributed by atoms with E-state index >= 15 is 0 Å². The van der Waals surface area contributed by atoms with Crippen LogP contribution in [0.15, 0.2) is 23.4 Å². The SMILES string of the molecule is CCOC(=O)C1CCN(S(=O)(=O)c2cncc(N)c2)CC1. The number of anilines is 1. The number of nitrogens with zero attached hydrogens (tertiary/aromatic N) is 2. The Bertz CT molecular complexity index is 610. The van der Waals surface area contributed by atoms with E-state index in [1.54, 1.807) is 6.92 Å². The van der Waals surface area contributed by atoms with Gasteiger partial charge in [0, 0.05) is 25.5 Å². The first kappa shape index (κ1) is 15.7. The van der Waals surface area contributed by atoms with E-state index in [0.29, 0.717) is 38.2 Å². The van der Waals surface area contributed by atoms with Crippen molar-refractivity contribution in [2.24, 2.45) is 5.92 Å². The maximum absolute atomic E-state index is 12.5. The number of ether oxygens (including phenoxy) is 1. The highest BCUT2D eigenvalue weighted by Crippen LogP contribution is 2.24. The third-order valence-corrected chi connectivity index (χ3v) is 5.31. The van der Waals surface area contributed by atoms with E-state index in [9.17, 15) is 13.2 Å². The van der Waals surface area contributed by atoms with Crippen molar-refractivity contribution in [3.63, 3.8) is 0 Å². The number of sulfonamides is 1. The number of piperidine rings is 1. The summed E-state index contributed by atoms with van der Waals surface area (Å²) in [7, 11) is -3.61. The van der Waals surface area contributed by atoms with Gasteiger partial charge in [-0.25, -0.2) is 8.42 Å². The fourth-order valence-electron chi connectivity index (χ4n) is 2.32. The molecule has 0 unspecified atom stereocenters. The maximum atomic E-state index is 12.5. The van der Waals surface area contributed by atoms with Crippen molar-refractivity contribution in [3.8, 4) is 0 Å². The number of carbonyl (C=O) groups is 1. The second kappa shape index (κ2) is 6.40. The van der Waals surface area contributed by atoms with Crippen LogP contribution in [-0.4, -0.2) is 43.4 Å². The molecular weight excluding hydrogens is 294 g/mol. The third-order valence-electron chi connectivity index (χ3n) is 3.45. The summed E-state index contributed by atoms with van der Waals surface area (Å²) in [5.74, 6) is -0.476. The number of nitrogens with two attached hydrogens (primary N) is 1. The van der Waals surface area contributed by atoms with Gasteiger partial charge in [0.25, 0.3) is 0 Å². The summed E-state index contributed by atoms with van der Waals surface area (Å²) in [5.41, 5.74) is 5.88. The first-order valence-electron chi connectivity index (χ1n) is 6.82. The smallest absolute Gasteiger partial charge is 0.309 e. The van der Waals surface area contributed by atoms with E-state index in [1.165, 1.54) is 22.8 Å². The zero-order chi connectivity index (χ0) is 15.5. The monoisotopic (exact) mass is 313 g/mol. The van der Waals surface area contributed by atoms with Gasteiger partial charge in [-0.1, -0.05) is 0 Å². The average Bonchev–Trinajstić information content (AvgIpc) is 2.47. The van der Waals surface area contributed by atoms with E-state index < -0.39 is 10.0 Å². The molecule has 8 heteroatoms. The minimum absolute atomic E-state index is 0.0806. The number of nitrogen functional groups attached to an aromatic ring is 1. The van der Waals surface area contributed by atoms with Crippen molar-refractivity contribution >= 4 is 21.7 Å². The number of rotatable bonds is 4. The second-order valence-corrected chi connectivity index (χ2v) is 6.82. The Morgan fingerprint density at radius 2 is 2.10 bits per heavy atom. The van der Waals surface area contributed by atoms with Gasteiger partial charge in [-0.05, 0) is 25.8 Å². The summed E-state index contributed by atoms with van der Waals surface area (Å²) in [6.45, 7) is 2.68. The van der Waals surface area contributed by atoms with E-state index in [2.05, 4.69) is 4.98 Å². The van der Waals surface area contributed by atoms with E-state index in [4.69, 9.17) is 10.5 Å². The second-order valence-electron chi connectivity index (χ2n) is 4.88. The van der Waals surface area contributed by atoms with Gasteiger partial charge in [0.15, 0.2) is 0 Å². The largest absolute Gasteiger partial charge is 0.466 e. The van der Waals surface area contributed by atoms with Crippen molar-refractivity contribution in [3.05, 3.63) is 18.5 Å². The predicted molar refractivity (Wildman–Crippen MR) is 76.8 cm³/mol. The van der Waals surface area contributed by atoms with Crippen LogP contribution in [0.3, 0.4) is 0 Å². The highest BCUT2D eigenvalue weighted by atomic mass is 32.2. The molecule has 2 heterocycles. The van der Waals surface area contributed by atoms with Crippen LogP contribution in [0.4, 0.5) is 5.69 Å². The highest BCUT2D eigenvalue weighted by Gasteiger charge is 2.32. The van der Waals surface area contributed by atoms with Gasteiger partial charge < -0.3 is 10.5 Å². The molecule has 1 aromatic heterocycles. The lowest BCUT2D eigenvalue weighted by molar-refractivity contribution is -0.149. The molecule has 2 N–H and O–H groups in total. The predicted octanol–water partition coefficient (Wildman–Crippen LogP) is 0.628. The van der Waals surface area contributed by atoms with Crippen molar-refractivity contribution in [1.29, 1.82) is 0 Å². The summed E-state index contributed by atoms with van der Waals surface area (Å²) < 4.78 is 31.2. The zero-order valence-electron chi connectivity index (χ0n) is 11.9. The lowest BCUT2D eigenvalue weighted by Crippen LogP contribution is -2.40. The number of pyridine rings is 1. The molecule has 0 atom stereocenters. The van der Waals surface area contributed by atoms with Crippen LogP contribution in [-0.2, 0) is 19.6 Å². The molecular formula is C13H19N3O4S. The fourth-order valence-corrected chi connectivity index (χ4v) is 3.79. The van der Waals surface area contributed by atoms with Crippen LogP contribution < -0.4 is 5.73 Å². The van der Waals surface area contributed by atoms with Crippen molar-refractivity contribution in [1.82, 2.24) is 9.29 Å². The minimum Gasteiger partial charge on any atom is -0.466 e. The topological polar surface area (TPSA) is 103 Å². The molecule has 1 fully saturated rings. The molecule has 1 saturated heterocycles. The Labute approximate surface area is 124 Å². The molecule has 0 aromatic carbocycles. The van der Waals surface area contributed by atoms with Gasteiger partial charge in [0.2, 0.25) is 10.0 Å². The van der Waals surface area contributed by atoms with E-state index in [0.717, 1.165) is 0 Å². The number of aromatic nitrogens is 1. The molecule has 0 saturated carbocycles. The molecule has 116 valence electrons. The quantitative estimate of drug-likeness (QED) is 0.818. The first-order chi connectivity index (χ1) is 9.95. The van der Waals surface area contributed by atoms with Crippen LogP contribution >= 0.6 is 0 Å². The summed E-state index contributed by atoms with van der Waals surface area (Å²) >= 11 is 0. The Hall–Kier alpha value is -1.67. The lowest BCUT2D eigenvalue weighted by atomic mass is 9.98. The molecule has 1 aliphatic heterocycles. The number of hydrogen-bond donors (Lipinski definition) is 1. The molecule has 21 heavy (non-hydrogen) atoms. The third kappa shape index (κ3) is 3.51. The van der Waals surface area contributed by atoms with Crippen LogP contribution in [0.25, 0.3) is 0 Å². The number of carbonyl (C=O) groups excluding carboxylic acids is 1.